The first-order valence-corrected chi connectivity index (χ1v) is 29.2. The molecule has 0 radical (unpaired) electrons. The van der Waals surface area contributed by atoms with Gasteiger partial charge in [0, 0.05) is 6.42 Å². The first-order chi connectivity index (χ1) is 34.8. The van der Waals surface area contributed by atoms with E-state index in [0.29, 0.717) is 12.8 Å². The molecule has 0 saturated heterocycles. The minimum atomic E-state index is -4.82. The normalized spacial score (nSPS) is 15.7. The number of aliphatic hydroxyl groups is 3. The van der Waals surface area contributed by atoms with Gasteiger partial charge in [0.25, 0.3) is 0 Å². The zero-order valence-corrected chi connectivity index (χ0v) is 45.3. The molecular weight excluding hydrogens is 963 g/mol. The van der Waals surface area contributed by atoms with E-state index in [-0.39, 0.29) is 12.8 Å². The van der Waals surface area contributed by atoms with Crippen LogP contribution in [-0.2, 0) is 46.3 Å². The molecule has 5 N–H and O–H groups in total. The minimum Gasteiger partial charge on any atom is -0.463 e. The van der Waals surface area contributed by atoms with Crippen LogP contribution in [0.25, 0.3) is 0 Å². The van der Waals surface area contributed by atoms with Crippen LogP contribution >= 0.6 is 15.6 Å². The standard InChI is InChI=1S/C55H92O15P2/c1-3-5-7-9-11-13-15-17-19-21-23-24-26-28-30-32-34-36-38-40-42-44-55(60)66-46-52(57)48-68-72(63,64)70-50-53(58)49-69-71(61,62)67-47-51(56)45-65-54(59)43-41-39-37-35-33-31-29-27-25-22-20-18-16-14-12-10-8-6-4-2/h5,7,11-14,17-20,23-24,28,30,34,36,40,42,51-53,56-58H,3-4,6,8-10,15-16,21-22,25-27,29,31-33,35,37-39,41,43-50H2,1-2H3,(H,61,62)(H,63,64)/b7-5-,13-11-,14-12-,19-17-,20-18-,24-23-,30-28-,36-34-,42-40-. The van der Waals surface area contributed by atoms with Crippen molar-refractivity contribution in [2.75, 3.05) is 39.6 Å². The monoisotopic (exact) mass is 1050 g/mol. The summed E-state index contributed by atoms with van der Waals surface area (Å²) in [5, 5.41) is 30.1. The molecule has 0 saturated carbocycles. The molecule has 0 aliphatic carbocycles. The third-order valence-corrected chi connectivity index (χ3v) is 12.1. The molecule has 0 spiro atoms. The van der Waals surface area contributed by atoms with E-state index in [1.165, 1.54) is 57.8 Å². The molecule has 0 fully saturated rings. The van der Waals surface area contributed by atoms with Crippen LogP contribution in [0, 0.1) is 0 Å². The Bertz CT molecular complexity index is 1700. The lowest BCUT2D eigenvalue weighted by Gasteiger charge is -2.19. The van der Waals surface area contributed by atoms with E-state index in [0.717, 1.165) is 70.6 Å². The highest BCUT2D eigenvalue weighted by molar-refractivity contribution is 7.47. The lowest BCUT2D eigenvalue weighted by Crippen LogP contribution is -2.25. The maximum absolute atomic E-state index is 12.2. The molecule has 15 nitrogen and oxygen atoms in total. The Morgan fingerprint density at radius 2 is 0.694 bits per heavy atom. The Kier molecular flexibility index (Phi) is 47.6. The average molecular weight is 1060 g/mol. The number of phosphoric acid groups is 2. The van der Waals surface area contributed by atoms with Gasteiger partial charge in [-0.2, -0.15) is 0 Å². The largest absolute Gasteiger partial charge is 0.472 e. The highest BCUT2D eigenvalue weighted by Crippen LogP contribution is 2.45. The summed E-state index contributed by atoms with van der Waals surface area (Å²) in [6.45, 7) is 0.148. The van der Waals surface area contributed by atoms with Crippen LogP contribution in [0.4, 0.5) is 0 Å². The molecule has 0 rings (SSSR count). The summed E-state index contributed by atoms with van der Waals surface area (Å²) >= 11 is 0. The molecule has 412 valence electrons. The number of aliphatic hydroxyl groups excluding tert-OH is 3. The molecule has 5 atom stereocenters. The van der Waals surface area contributed by atoms with Gasteiger partial charge in [-0.15, -0.1) is 0 Å². The van der Waals surface area contributed by atoms with Crippen LogP contribution < -0.4 is 0 Å². The maximum atomic E-state index is 12.2. The fraction of sp³-hybridized carbons (Fsp3) is 0.636. The fourth-order valence-corrected chi connectivity index (χ4v) is 7.80. The number of ether oxygens (including phenoxy) is 2. The zero-order chi connectivity index (χ0) is 53.1. The van der Waals surface area contributed by atoms with Crippen molar-refractivity contribution in [3.05, 3.63) is 109 Å². The van der Waals surface area contributed by atoms with E-state index in [4.69, 9.17) is 9.47 Å². The molecule has 0 aromatic carbocycles. The van der Waals surface area contributed by atoms with Crippen LogP contribution in [0.2, 0.25) is 0 Å². The topological polar surface area (TPSA) is 225 Å². The SMILES string of the molecule is CC/C=C\C/C=C\C/C=C\C/C=C\C/C=C\C/C=C\C/C=C\CC(=O)OCC(O)COP(=O)(O)OCC(O)COP(=O)(O)OCC(O)COC(=O)CCCCCCCCCCC/C=C\C/C=C\CCCCC. The van der Waals surface area contributed by atoms with Crippen LogP contribution in [0.15, 0.2) is 109 Å². The molecule has 0 amide bonds. The summed E-state index contributed by atoms with van der Waals surface area (Å²) in [7, 11) is -9.62. The van der Waals surface area contributed by atoms with Gasteiger partial charge < -0.3 is 34.6 Å². The summed E-state index contributed by atoms with van der Waals surface area (Å²) in [6.07, 6.45) is 56.7. The van der Waals surface area contributed by atoms with E-state index in [1.807, 2.05) is 12.2 Å². The Labute approximate surface area is 432 Å². The van der Waals surface area contributed by atoms with E-state index in [1.54, 1.807) is 12.2 Å². The number of phosphoric ester groups is 2. The first-order valence-electron chi connectivity index (χ1n) is 26.2. The number of carbonyl (C=O) groups excluding carboxylic acids is 2. The summed E-state index contributed by atoms with van der Waals surface area (Å²) < 4.78 is 53.0. The van der Waals surface area contributed by atoms with Crippen LogP contribution in [0.5, 0.6) is 0 Å². The fourth-order valence-electron chi connectivity index (χ4n) is 6.21. The predicted octanol–water partition coefficient (Wildman–Crippen LogP) is 12.8. The molecule has 5 unspecified atom stereocenters. The lowest BCUT2D eigenvalue weighted by atomic mass is 10.1. The van der Waals surface area contributed by atoms with Gasteiger partial charge in [-0.05, 0) is 83.5 Å². The molecular formula is C55H92O15P2. The van der Waals surface area contributed by atoms with Crippen LogP contribution in [0.1, 0.15) is 168 Å². The van der Waals surface area contributed by atoms with Gasteiger partial charge in [0.1, 0.15) is 31.5 Å². The Morgan fingerprint density at radius 1 is 0.389 bits per heavy atom. The van der Waals surface area contributed by atoms with Gasteiger partial charge in [-0.1, -0.05) is 181 Å². The zero-order valence-electron chi connectivity index (χ0n) is 43.6. The predicted molar refractivity (Wildman–Crippen MR) is 288 cm³/mol. The van der Waals surface area contributed by atoms with Crippen molar-refractivity contribution < 1.29 is 71.4 Å². The van der Waals surface area contributed by atoms with E-state index in [9.17, 15) is 43.8 Å². The number of carbonyl (C=O) groups is 2. The van der Waals surface area contributed by atoms with Gasteiger partial charge in [-0.3, -0.25) is 27.7 Å². The number of allylic oxidation sites excluding steroid dienone is 17. The number of esters is 2. The number of hydrogen-bond acceptors (Lipinski definition) is 13. The summed E-state index contributed by atoms with van der Waals surface area (Å²) in [6, 6.07) is 0. The highest BCUT2D eigenvalue weighted by atomic mass is 31.2. The summed E-state index contributed by atoms with van der Waals surface area (Å²) in [5.74, 6) is -1.13. The van der Waals surface area contributed by atoms with Crippen molar-refractivity contribution in [1.82, 2.24) is 0 Å². The Hall–Kier alpha value is -3.30. The summed E-state index contributed by atoms with van der Waals surface area (Å²) in [5.41, 5.74) is 0. The molecule has 0 heterocycles. The third-order valence-electron chi connectivity index (χ3n) is 10.2. The highest BCUT2D eigenvalue weighted by Gasteiger charge is 2.28. The second-order valence-electron chi connectivity index (χ2n) is 17.2. The van der Waals surface area contributed by atoms with Crippen LogP contribution in [-0.4, -0.2) is 95.0 Å². The second kappa shape index (κ2) is 49.9. The van der Waals surface area contributed by atoms with Crippen molar-refractivity contribution in [1.29, 1.82) is 0 Å². The van der Waals surface area contributed by atoms with Gasteiger partial charge >= 0.3 is 27.6 Å². The quantitative estimate of drug-likeness (QED) is 0.0165. The van der Waals surface area contributed by atoms with Crippen molar-refractivity contribution in [3.63, 3.8) is 0 Å². The minimum absolute atomic E-state index is 0.0441. The van der Waals surface area contributed by atoms with Gasteiger partial charge in [0.05, 0.1) is 32.8 Å². The Morgan fingerprint density at radius 3 is 1.08 bits per heavy atom. The number of unbranched alkanes of at least 4 members (excludes halogenated alkanes) is 12. The molecule has 0 aliphatic rings. The third kappa shape index (κ3) is 51.6. The van der Waals surface area contributed by atoms with E-state index in [2.05, 4.69) is 117 Å². The van der Waals surface area contributed by atoms with Crippen LogP contribution in [0.3, 0.4) is 0 Å². The van der Waals surface area contributed by atoms with Gasteiger partial charge in [0.2, 0.25) is 0 Å². The maximum Gasteiger partial charge on any atom is 0.472 e. The average Bonchev–Trinajstić information content (AvgIpc) is 3.36. The molecule has 0 bridgehead atoms. The Balaban J connectivity index is 3.96. The van der Waals surface area contributed by atoms with Crippen molar-refractivity contribution in [3.8, 4) is 0 Å². The summed E-state index contributed by atoms with van der Waals surface area (Å²) in [4.78, 5) is 43.8. The molecule has 72 heavy (non-hydrogen) atoms. The molecule has 0 aromatic heterocycles. The number of rotatable bonds is 49. The van der Waals surface area contributed by atoms with Gasteiger partial charge in [0.15, 0.2) is 0 Å². The van der Waals surface area contributed by atoms with E-state index >= 15 is 0 Å². The molecule has 0 aromatic rings. The molecule has 0 aliphatic heterocycles. The van der Waals surface area contributed by atoms with Crippen molar-refractivity contribution in [2.24, 2.45) is 0 Å². The first kappa shape index (κ1) is 68.7. The van der Waals surface area contributed by atoms with Gasteiger partial charge in [-0.25, -0.2) is 9.13 Å². The number of hydrogen-bond donors (Lipinski definition) is 5. The van der Waals surface area contributed by atoms with Crippen molar-refractivity contribution >= 4 is 27.6 Å². The molecule has 17 heteroatoms. The van der Waals surface area contributed by atoms with E-state index < -0.39 is 85.5 Å². The second-order valence-corrected chi connectivity index (χ2v) is 20.1. The smallest absolute Gasteiger partial charge is 0.463 e. The van der Waals surface area contributed by atoms with Crippen molar-refractivity contribution in [2.45, 2.75) is 186 Å². The lowest BCUT2D eigenvalue weighted by molar-refractivity contribution is -0.147.